The summed E-state index contributed by atoms with van der Waals surface area (Å²) in [7, 11) is 1.35. The summed E-state index contributed by atoms with van der Waals surface area (Å²) in [5.74, 6) is -0.345. The van der Waals surface area contributed by atoms with Crippen molar-refractivity contribution >= 4 is 13.8 Å². The minimum Gasteiger partial charge on any atom is -0.756 e. The van der Waals surface area contributed by atoms with Crippen LogP contribution in [-0.4, -0.2) is 70.7 Å². The number of likely N-dealkylation sites (N-methyl/N-ethyl adjacent to an activating group) is 1. The van der Waals surface area contributed by atoms with Gasteiger partial charge in [-0.3, -0.25) is 9.36 Å². The summed E-state index contributed by atoms with van der Waals surface area (Å²) in [5.41, 5.74) is 0. The molecule has 0 saturated carbocycles. The maximum Gasteiger partial charge on any atom is 0.306 e. The Kier molecular flexibility index (Phi) is 42.5. The molecule has 0 aliphatic heterocycles. The molecule has 2 unspecified atom stereocenters. The zero-order chi connectivity index (χ0) is 44.1. The van der Waals surface area contributed by atoms with Crippen molar-refractivity contribution in [2.75, 3.05) is 54.1 Å². The van der Waals surface area contributed by atoms with Crippen LogP contribution in [0.2, 0.25) is 0 Å². The Labute approximate surface area is 370 Å². The Morgan fingerprint density at radius 2 is 0.967 bits per heavy atom. The Morgan fingerprint density at radius 1 is 0.533 bits per heavy atom. The summed E-state index contributed by atoms with van der Waals surface area (Å²) in [6.07, 6.45) is 55.2. The summed E-state index contributed by atoms with van der Waals surface area (Å²) in [4.78, 5) is 25.1. The van der Waals surface area contributed by atoms with Crippen molar-refractivity contribution in [2.45, 2.75) is 206 Å². The minimum atomic E-state index is -4.53. The van der Waals surface area contributed by atoms with Crippen molar-refractivity contribution in [3.63, 3.8) is 0 Å². The second-order valence-electron chi connectivity index (χ2n) is 17.4. The fourth-order valence-electron chi connectivity index (χ4n) is 6.57. The third kappa shape index (κ3) is 47.3. The quantitative estimate of drug-likeness (QED) is 0.0198. The van der Waals surface area contributed by atoms with Crippen molar-refractivity contribution in [2.24, 2.45) is 0 Å². The molecular weight excluding hydrogens is 770 g/mol. The Morgan fingerprint density at radius 3 is 1.45 bits per heavy atom. The second kappa shape index (κ2) is 43.8. The van der Waals surface area contributed by atoms with Gasteiger partial charge < -0.3 is 27.9 Å². The van der Waals surface area contributed by atoms with Crippen molar-refractivity contribution < 1.29 is 37.3 Å². The number of hydrogen-bond acceptors (Lipinski definition) is 7. The lowest BCUT2D eigenvalue weighted by Crippen LogP contribution is -2.37. The number of nitrogens with zero attached hydrogens (tertiary/aromatic N) is 1. The highest BCUT2D eigenvalue weighted by Gasteiger charge is 2.20. The van der Waals surface area contributed by atoms with Gasteiger partial charge in [-0.2, -0.15) is 0 Å². The van der Waals surface area contributed by atoms with Crippen LogP contribution in [0.5, 0.6) is 0 Å². The lowest BCUT2D eigenvalue weighted by atomic mass is 10.0. The molecule has 8 nitrogen and oxygen atoms in total. The number of carbonyl (C=O) groups excluding carboxylic acids is 1. The van der Waals surface area contributed by atoms with E-state index in [1.54, 1.807) is 0 Å². The van der Waals surface area contributed by atoms with Crippen LogP contribution < -0.4 is 4.89 Å². The van der Waals surface area contributed by atoms with E-state index >= 15 is 0 Å². The van der Waals surface area contributed by atoms with E-state index in [0.717, 1.165) is 77.0 Å². The van der Waals surface area contributed by atoms with Crippen molar-refractivity contribution in [3.8, 4) is 0 Å². The monoisotopic (exact) mass is 864 g/mol. The molecule has 0 aromatic carbocycles. The molecule has 9 heteroatoms. The number of phosphoric ester groups is 1. The number of allylic oxidation sites excluding steroid dienone is 10. The second-order valence-corrected chi connectivity index (χ2v) is 18.9. The third-order valence-electron chi connectivity index (χ3n) is 10.3. The first-order valence-corrected chi connectivity index (χ1v) is 26.0. The molecule has 350 valence electrons. The van der Waals surface area contributed by atoms with E-state index in [0.29, 0.717) is 24.1 Å². The number of esters is 1. The van der Waals surface area contributed by atoms with Gasteiger partial charge in [-0.25, -0.2) is 0 Å². The highest BCUT2D eigenvalue weighted by Crippen LogP contribution is 2.38. The van der Waals surface area contributed by atoms with Gasteiger partial charge in [0.25, 0.3) is 7.82 Å². The van der Waals surface area contributed by atoms with Gasteiger partial charge in [-0.1, -0.05) is 197 Å². The molecule has 0 heterocycles. The smallest absolute Gasteiger partial charge is 0.306 e. The number of quaternary nitrogens is 1. The van der Waals surface area contributed by atoms with Gasteiger partial charge in [0.15, 0.2) is 0 Å². The molecule has 0 spiro atoms. The summed E-state index contributed by atoms with van der Waals surface area (Å²) >= 11 is 0. The van der Waals surface area contributed by atoms with Crippen LogP contribution in [0, 0.1) is 0 Å². The number of rotatable bonds is 45. The normalized spacial score (nSPS) is 14.2. The standard InChI is InChI=1S/C51H94NO7P/c1-6-8-10-12-14-16-18-20-22-23-24-25-26-27-28-29-30-32-34-36-38-40-42-44-51(53)59-50(49-58-60(54,55)57-47-45-52(3,4)5)48-56-46-43-41-39-37-35-33-31-21-19-17-15-13-11-9-7-2/h8,10,14,16,20,22,24-25,27-28,50H,6-7,9,11-13,15,17-19,21,23,26,29-49H2,1-5H3/b10-8-,16-14-,22-20-,25-24-,28-27-. The van der Waals surface area contributed by atoms with Gasteiger partial charge in [0.05, 0.1) is 34.4 Å². The van der Waals surface area contributed by atoms with Crippen LogP contribution in [0.1, 0.15) is 200 Å². The number of phosphoric acid groups is 1. The Balaban J connectivity index is 4.19. The van der Waals surface area contributed by atoms with E-state index in [1.165, 1.54) is 103 Å². The van der Waals surface area contributed by atoms with Gasteiger partial charge >= 0.3 is 5.97 Å². The lowest BCUT2D eigenvalue weighted by Gasteiger charge is -2.28. The summed E-state index contributed by atoms with van der Waals surface area (Å²) in [5, 5.41) is 0. The predicted molar refractivity (Wildman–Crippen MR) is 254 cm³/mol. The predicted octanol–water partition coefficient (Wildman–Crippen LogP) is 14.3. The van der Waals surface area contributed by atoms with E-state index in [2.05, 4.69) is 74.6 Å². The average Bonchev–Trinajstić information content (AvgIpc) is 3.20. The van der Waals surface area contributed by atoms with Crippen LogP contribution >= 0.6 is 7.82 Å². The molecular formula is C51H94NO7P. The molecule has 0 bridgehead atoms. The SMILES string of the molecule is CC/C=C\C/C=C\C/C=C\C/C=C\C/C=C\CCCCCCCCCC(=O)OC(COCCCCCCCCCCCCCCCCC)COP(=O)([O-])OCC[N+](C)(C)C. The summed E-state index contributed by atoms with van der Waals surface area (Å²) in [6, 6.07) is 0. The topological polar surface area (TPSA) is 94.1 Å². The third-order valence-corrected chi connectivity index (χ3v) is 11.3. The zero-order valence-corrected chi connectivity index (χ0v) is 40.5. The van der Waals surface area contributed by atoms with Crippen LogP contribution in [0.15, 0.2) is 60.8 Å². The average molecular weight is 864 g/mol. The molecule has 0 fully saturated rings. The van der Waals surface area contributed by atoms with Gasteiger partial charge in [-0.15, -0.1) is 0 Å². The fourth-order valence-corrected chi connectivity index (χ4v) is 7.30. The molecule has 60 heavy (non-hydrogen) atoms. The molecule has 2 atom stereocenters. The molecule has 0 aliphatic carbocycles. The van der Waals surface area contributed by atoms with Crippen LogP contribution in [0.3, 0.4) is 0 Å². The number of unbranched alkanes of at least 4 members (excludes halogenated alkanes) is 21. The highest BCUT2D eigenvalue weighted by molar-refractivity contribution is 7.45. The van der Waals surface area contributed by atoms with Gasteiger partial charge in [0.1, 0.15) is 19.3 Å². The zero-order valence-electron chi connectivity index (χ0n) is 39.6. The number of ether oxygens (including phenoxy) is 2. The van der Waals surface area contributed by atoms with Crippen molar-refractivity contribution in [1.29, 1.82) is 0 Å². The molecule has 0 aliphatic rings. The van der Waals surface area contributed by atoms with Crippen LogP contribution in [0.4, 0.5) is 0 Å². The Hall–Kier alpha value is -1.80. The van der Waals surface area contributed by atoms with Crippen molar-refractivity contribution in [1.82, 2.24) is 0 Å². The number of hydrogen-bond donors (Lipinski definition) is 0. The maximum atomic E-state index is 12.7. The first kappa shape index (κ1) is 58.2. The van der Waals surface area contributed by atoms with E-state index in [9.17, 15) is 14.3 Å². The first-order valence-electron chi connectivity index (χ1n) is 24.5. The first-order chi connectivity index (χ1) is 29.1. The molecule has 0 aromatic rings. The molecule has 0 N–H and O–H groups in total. The highest BCUT2D eigenvalue weighted by atomic mass is 31.2. The van der Waals surface area contributed by atoms with E-state index in [4.69, 9.17) is 18.5 Å². The van der Waals surface area contributed by atoms with Crippen LogP contribution in [0.25, 0.3) is 0 Å². The molecule has 0 aromatic heterocycles. The van der Waals surface area contributed by atoms with E-state index < -0.39 is 13.9 Å². The van der Waals surface area contributed by atoms with Gasteiger partial charge in [-0.05, 0) is 57.8 Å². The summed E-state index contributed by atoms with van der Waals surface area (Å²) in [6.45, 7) is 5.30. The molecule has 0 radical (unpaired) electrons. The van der Waals surface area contributed by atoms with Crippen molar-refractivity contribution in [3.05, 3.63) is 60.8 Å². The molecule has 0 rings (SSSR count). The molecule has 0 saturated heterocycles. The maximum absolute atomic E-state index is 12.7. The Bertz CT molecular complexity index is 1140. The van der Waals surface area contributed by atoms with E-state index in [1.807, 2.05) is 21.1 Å². The summed E-state index contributed by atoms with van der Waals surface area (Å²) < 4.78 is 34.7. The van der Waals surface area contributed by atoms with Crippen LogP contribution in [-0.2, 0) is 27.9 Å². The molecule has 0 amide bonds. The van der Waals surface area contributed by atoms with Gasteiger partial charge in [0.2, 0.25) is 0 Å². The number of carbonyl (C=O) groups is 1. The fraction of sp³-hybridized carbons (Fsp3) is 0.784. The minimum absolute atomic E-state index is 0.0225. The lowest BCUT2D eigenvalue weighted by molar-refractivity contribution is -0.870. The van der Waals surface area contributed by atoms with Gasteiger partial charge in [0, 0.05) is 13.0 Å². The largest absolute Gasteiger partial charge is 0.756 e. The van der Waals surface area contributed by atoms with E-state index in [-0.39, 0.29) is 25.8 Å².